The van der Waals surface area contributed by atoms with Crippen molar-refractivity contribution in [3.63, 3.8) is 0 Å². The Morgan fingerprint density at radius 1 is 0.889 bits per heavy atom. The normalized spacial score (nSPS) is 10.5. The minimum absolute atomic E-state index is 0.00872. The molecule has 0 aliphatic rings. The first-order valence-electron chi connectivity index (χ1n) is 8.17. The smallest absolute Gasteiger partial charge is 0.269 e. The van der Waals surface area contributed by atoms with Crippen molar-refractivity contribution in [2.24, 2.45) is 0 Å². The molecule has 134 valence electrons. The number of carbonyl (C=O) groups excluding carboxylic acids is 1. The summed E-state index contributed by atoms with van der Waals surface area (Å²) in [6.45, 7) is 0. The number of para-hydroxylation sites is 1. The third kappa shape index (κ3) is 5.27. The molecule has 0 heterocycles. The van der Waals surface area contributed by atoms with Gasteiger partial charge >= 0.3 is 0 Å². The number of nitro groups is 1. The number of nitrogens with zero attached hydrogens (tertiary/aromatic N) is 1. The Morgan fingerprint density at radius 3 is 2.15 bits per heavy atom. The van der Waals surface area contributed by atoms with Gasteiger partial charge in [-0.1, -0.05) is 18.2 Å². The molecular weight excluding hydrogens is 344 g/mol. The first-order chi connectivity index (χ1) is 13.1. The Hall–Kier alpha value is -3.93. The first kappa shape index (κ1) is 17.9. The number of nitrogens with one attached hydrogen (secondary N) is 1. The molecule has 0 aromatic heterocycles. The van der Waals surface area contributed by atoms with Crippen LogP contribution in [0.15, 0.2) is 84.9 Å². The van der Waals surface area contributed by atoms with Gasteiger partial charge in [0.15, 0.2) is 0 Å². The van der Waals surface area contributed by atoms with Crippen LogP contribution in [0.5, 0.6) is 11.5 Å². The average molecular weight is 360 g/mol. The van der Waals surface area contributed by atoms with Gasteiger partial charge in [0.2, 0.25) is 5.91 Å². The number of amides is 1. The molecule has 3 aromatic carbocycles. The van der Waals surface area contributed by atoms with Crippen LogP contribution in [0.2, 0.25) is 0 Å². The lowest BCUT2D eigenvalue weighted by Gasteiger charge is -2.07. The molecule has 0 radical (unpaired) electrons. The quantitative estimate of drug-likeness (QED) is 0.379. The van der Waals surface area contributed by atoms with Gasteiger partial charge < -0.3 is 10.1 Å². The summed E-state index contributed by atoms with van der Waals surface area (Å²) in [7, 11) is 0. The fourth-order valence-electron chi connectivity index (χ4n) is 2.29. The minimum Gasteiger partial charge on any atom is -0.457 e. The van der Waals surface area contributed by atoms with Crippen LogP contribution < -0.4 is 10.1 Å². The first-order valence-corrected chi connectivity index (χ1v) is 8.17. The molecule has 3 aromatic rings. The van der Waals surface area contributed by atoms with Crippen molar-refractivity contribution in [1.29, 1.82) is 0 Å². The molecule has 0 unspecified atom stereocenters. The molecule has 0 spiro atoms. The lowest BCUT2D eigenvalue weighted by Crippen LogP contribution is -2.07. The number of carbonyl (C=O) groups is 1. The lowest BCUT2D eigenvalue weighted by atomic mass is 10.2. The molecule has 0 fully saturated rings. The van der Waals surface area contributed by atoms with Crippen LogP contribution in [0.25, 0.3) is 6.08 Å². The predicted molar refractivity (Wildman–Crippen MR) is 104 cm³/mol. The van der Waals surface area contributed by atoms with Crippen molar-refractivity contribution in [3.05, 3.63) is 101 Å². The average Bonchev–Trinajstić information content (AvgIpc) is 2.69. The summed E-state index contributed by atoms with van der Waals surface area (Å²) in [5, 5.41) is 13.4. The zero-order chi connectivity index (χ0) is 19.1. The molecule has 0 saturated carbocycles. The van der Waals surface area contributed by atoms with E-state index in [1.54, 1.807) is 42.5 Å². The maximum atomic E-state index is 12.0. The van der Waals surface area contributed by atoms with Crippen LogP contribution in [0.4, 0.5) is 11.4 Å². The number of nitro benzene ring substituents is 1. The summed E-state index contributed by atoms with van der Waals surface area (Å²) in [5.74, 6) is 1.10. The molecule has 0 bridgehead atoms. The Balaban J connectivity index is 1.56. The van der Waals surface area contributed by atoms with Crippen molar-refractivity contribution in [2.75, 3.05) is 5.32 Å². The van der Waals surface area contributed by atoms with Crippen LogP contribution in [0.1, 0.15) is 5.56 Å². The summed E-state index contributed by atoms with van der Waals surface area (Å²) >= 11 is 0. The molecule has 0 atom stereocenters. The van der Waals surface area contributed by atoms with Gasteiger partial charge in [0.05, 0.1) is 4.92 Å². The Morgan fingerprint density at radius 2 is 1.52 bits per heavy atom. The van der Waals surface area contributed by atoms with Crippen LogP contribution in [-0.2, 0) is 4.79 Å². The van der Waals surface area contributed by atoms with Crippen molar-refractivity contribution in [1.82, 2.24) is 0 Å². The number of ether oxygens (including phenoxy) is 1. The SMILES string of the molecule is O=C(C=Cc1ccc([N+](=O)[O-])cc1)Nc1ccc(Oc2ccccc2)cc1. The van der Waals surface area contributed by atoms with Gasteiger partial charge in [-0.05, 0) is 60.2 Å². The molecule has 0 aliphatic carbocycles. The van der Waals surface area contributed by atoms with E-state index in [9.17, 15) is 14.9 Å². The monoisotopic (exact) mass is 360 g/mol. The van der Waals surface area contributed by atoms with Crippen LogP contribution in [-0.4, -0.2) is 10.8 Å². The Bertz CT molecular complexity index is 950. The predicted octanol–water partition coefficient (Wildman–Crippen LogP) is 5.04. The van der Waals surface area contributed by atoms with E-state index in [0.717, 1.165) is 5.75 Å². The maximum absolute atomic E-state index is 12.0. The standard InChI is InChI=1S/C21H16N2O4/c24-21(15-8-16-6-11-18(12-7-16)23(25)26)22-17-9-13-20(14-10-17)27-19-4-2-1-3-5-19/h1-15H,(H,22,24). The fraction of sp³-hybridized carbons (Fsp3) is 0. The van der Waals surface area contributed by atoms with Crippen molar-refractivity contribution in [2.45, 2.75) is 0 Å². The van der Waals surface area contributed by atoms with Crippen LogP contribution in [0.3, 0.4) is 0 Å². The Kier molecular flexibility index (Phi) is 5.59. The number of hydrogen-bond donors (Lipinski definition) is 1. The van der Waals surface area contributed by atoms with Gasteiger partial charge in [0.1, 0.15) is 11.5 Å². The van der Waals surface area contributed by atoms with E-state index in [4.69, 9.17) is 4.74 Å². The zero-order valence-corrected chi connectivity index (χ0v) is 14.2. The maximum Gasteiger partial charge on any atom is 0.269 e. The van der Waals surface area contributed by atoms with E-state index in [1.807, 2.05) is 30.3 Å². The largest absolute Gasteiger partial charge is 0.457 e. The van der Waals surface area contributed by atoms with Crippen molar-refractivity contribution in [3.8, 4) is 11.5 Å². The van der Waals surface area contributed by atoms with Crippen molar-refractivity contribution >= 4 is 23.4 Å². The molecular formula is C21H16N2O4. The van der Waals surface area contributed by atoms with Gasteiger partial charge in [-0.2, -0.15) is 0 Å². The molecule has 6 heteroatoms. The van der Waals surface area contributed by atoms with Gasteiger partial charge in [0.25, 0.3) is 5.69 Å². The summed E-state index contributed by atoms with van der Waals surface area (Å²) in [6.07, 6.45) is 2.96. The van der Waals surface area contributed by atoms with E-state index in [-0.39, 0.29) is 11.6 Å². The molecule has 0 aliphatic heterocycles. The Labute approximate surface area is 155 Å². The molecule has 6 nitrogen and oxygen atoms in total. The van der Waals surface area contributed by atoms with Crippen LogP contribution in [0, 0.1) is 10.1 Å². The van der Waals surface area contributed by atoms with E-state index >= 15 is 0 Å². The van der Waals surface area contributed by atoms with Gasteiger partial charge in [0, 0.05) is 23.9 Å². The summed E-state index contributed by atoms with van der Waals surface area (Å²) in [5.41, 5.74) is 1.34. The summed E-state index contributed by atoms with van der Waals surface area (Å²) in [4.78, 5) is 22.2. The van der Waals surface area contributed by atoms with Crippen molar-refractivity contribution < 1.29 is 14.5 Å². The molecule has 1 amide bonds. The van der Waals surface area contributed by atoms with Crippen LogP contribution >= 0.6 is 0 Å². The molecule has 1 N–H and O–H groups in total. The van der Waals surface area contributed by atoms with E-state index in [2.05, 4.69) is 5.32 Å². The van der Waals surface area contributed by atoms with E-state index in [0.29, 0.717) is 17.0 Å². The van der Waals surface area contributed by atoms with E-state index < -0.39 is 4.92 Å². The summed E-state index contributed by atoms with van der Waals surface area (Å²) in [6, 6.07) is 22.4. The topological polar surface area (TPSA) is 81.5 Å². The zero-order valence-electron chi connectivity index (χ0n) is 14.2. The highest BCUT2D eigenvalue weighted by molar-refractivity contribution is 6.01. The van der Waals surface area contributed by atoms with Gasteiger partial charge in [-0.15, -0.1) is 0 Å². The molecule has 3 rings (SSSR count). The number of anilines is 1. The summed E-state index contributed by atoms with van der Waals surface area (Å²) < 4.78 is 5.70. The van der Waals surface area contributed by atoms with E-state index in [1.165, 1.54) is 18.2 Å². The molecule has 0 saturated heterocycles. The fourth-order valence-corrected chi connectivity index (χ4v) is 2.29. The number of benzene rings is 3. The highest BCUT2D eigenvalue weighted by Crippen LogP contribution is 2.22. The second-order valence-electron chi connectivity index (χ2n) is 5.61. The van der Waals surface area contributed by atoms with Gasteiger partial charge in [-0.25, -0.2) is 0 Å². The second kappa shape index (κ2) is 8.44. The number of hydrogen-bond acceptors (Lipinski definition) is 4. The lowest BCUT2D eigenvalue weighted by molar-refractivity contribution is -0.384. The van der Waals surface area contributed by atoms with Gasteiger partial charge in [-0.3, -0.25) is 14.9 Å². The number of non-ortho nitro benzene ring substituents is 1. The third-order valence-corrected chi connectivity index (χ3v) is 3.63. The minimum atomic E-state index is -0.467. The highest BCUT2D eigenvalue weighted by Gasteiger charge is 2.03. The molecule has 27 heavy (non-hydrogen) atoms. The highest BCUT2D eigenvalue weighted by atomic mass is 16.6. The third-order valence-electron chi connectivity index (χ3n) is 3.63. The number of rotatable bonds is 6. The second-order valence-corrected chi connectivity index (χ2v) is 5.61.